The molecule has 35 heavy (non-hydrogen) atoms. The first-order valence-electron chi connectivity index (χ1n) is 10.8. The number of ether oxygens (including phenoxy) is 2. The number of nitrogens with zero attached hydrogens (tertiary/aromatic N) is 2. The van der Waals surface area contributed by atoms with Crippen molar-refractivity contribution >= 4 is 18.0 Å². The summed E-state index contributed by atoms with van der Waals surface area (Å²) in [4.78, 5) is 24.2. The fourth-order valence-electron chi connectivity index (χ4n) is 4.01. The maximum Gasteiger partial charge on any atom is 0.255 e. The molecule has 1 unspecified atom stereocenters. The molecule has 1 aromatic heterocycles. The van der Waals surface area contributed by atoms with Crippen LogP contribution in [-0.2, 0) is 11.3 Å². The zero-order valence-electron chi connectivity index (χ0n) is 18.8. The number of amides is 1. The van der Waals surface area contributed by atoms with Crippen LogP contribution in [0.2, 0.25) is 0 Å². The van der Waals surface area contributed by atoms with Crippen molar-refractivity contribution in [1.29, 1.82) is 0 Å². The average molecular weight is 488 g/mol. The quantitative estimate of drug-likeness (QED) is 0.492. The first kappa shape index (κ1) is 24.3. The molecule has 1 aliphatic rings. The molecule has 1 amide bonds. The number of carbonyl (C=O) groups excluding carboxylic acids is 2. The van der Waals surface area contributed by atoms with E-state index in [1.165, 1.54) is 17.9 Å². The predicted molar refractivity (Wildman–Crippen MR) is 121 cm³/mol. The highest BCUT2D eigenvalue weighted by Gasteiger charge is 2.25. The minimum absolute atomic E-state index is 0.0196. The summed E-state index contributed by atoms with van der Waals surface area (Å²) in [6, 6.07) is 5.20. The van der Waals surface area contributed by atoms with Gasteiger partial charge < -0.3 is 20.5 Å². The summed E-state index contributed by atoms with van der Waals surface area (Å²) in [6.07, 6.45) is 2.02. The van der Waals surface area contributed by atoms with Gasteiger partial charge in [-0.15, -0.1) is 0 Å². The SMILES string of the molecule is COc1ccc(F)cc1C(=O)NCc1c(F)cc(-c2nn(C3CCCOC3)c(N)c2C=O)cc1F. The molecule has 2 heterocycles. The van der Waals surface area contributed by atoms with Gasteiger partial charge in [0, 0.05) is 24.3 Å². The van der Waals surface area contributed by atoms with Gasteiger partial charge in [0.1, 0.15) is 34.7 Å². The van der Waals surface area contributed by atoms with E-state index in [2.05, 4.69) is 10.4 Å². The van der Waals surface area contributed by atoms with E-state index in [0.717, 1.165) is 37.1 Å². The van der Waals surface area contributed by atoms with Gasteiger partial charge >= 0.3 is 0 Å². The summed E-state index contributed by atoms with van der Waals surface area (Å²) < 4.78 is 55.3. The second-order valence-corrected chi connectivity index (χ2v) is 8.03. The van der Waals surface area contributed by atoms with Crippen molar-refractivity contribution < 1.29 is 32.2 Å². The van der Waals surface area contributed by atoms with Crippen molar-refractivity contribution in [3.8, 4) is 17.0 Å². The van der Waals surface area contributed by atoms with Gasteiger partial charge in [-0.3, -0.25) is 9.59 Å². The van der Waals surface area contributed by atoms with Crippen LogP contribution in [0.15, 0.2) is 30.3 Å². The van der Waals surface area contributed by atoms with Crippen LogP contribution in [0.4, 0.5) is 19.0 Å². The molecular weight excluding hydrogens is 465 g/mol. The Bertz CT molecular complexity index is 1250. The number of anilines is 1. The van der Waals surface area contributed by atoms with Crippen LogP contribution in [-0.4, -0.2) is 42.3 Å². The molecule has 3 aromatic rings. The van der Waals surface area contributed by atoms with E-state index in [1.54, 1.807) is 0 Å². The average Bonchev–Trinajstić information content (AvgIpc) is 3.19. The molecule has 1 atom stereocenters. The maximum absolute atomic E-state index is 14.9. The number of methoxy groups -OCH3 is 1. The van der Waals surface area contributed by atoms with Crippen molar-refractivity contribution in [3.05, 3.63) is 64.5 Å². The molecule has 184 valence electrons. The summed E-state index contributed by atoms with van der Waals surface area (Å²) in [7, 11) is 1.31. The van der Waals surface area contributed by atoms with Crippen molar-refractivity contribution in [2.24, 2.45) is 0 Å². The standard InChI is InChI=1S/C24H23F3N4O4/c1-34-21-5-4-14(25)9-16(21)24(33)29-10-17-19(26)7-13(8-20(17)27)22-18(11-32)23(28)31(30-22)15-3-2-6-35-12-15/h4-5,7-9,11,15H,2-3,6,10,12,28H2,1H3,(H,29,33). The Hall–Kier alpha value is -3.86. The summed E-state index contributed by atoms with van der Waals surface area (Å²) in [5.74, 6) is -3.16. The monoisotopic (exact) mass is 488 g/mol. The van der Waals surface area contributed by atoms with Crippen LogP contribution in [0.5, 0.6) is 5.75 Å². The van der Waals surface area contributed by atoms with Gasteiger partial charge in [0.05, 0.1) is 30.9 Å². The van der Waals surface area contributed by atoms with Crippen LogP contribution in [0.3, 0.4) is 0 Å². The summed E-state index contributed by atoms with van der Waals surface area (Å²) in [5.41, 5.74) is 5.65. The first-order valence-corrected chi connectivity index (χ1v) is 10.8. The number of aldehydes is 1. The van der Waals surface area contributed by atoms with Crippen LogP contribution >= 0.6 is 0 Å². The Balaban J connectivity index is 1.59. The molecule has 0 radical (unpaired) electrons. The molecule has 1 aliphatic heterocycles. The zero-order chi connectivity index (χ0) is 25.1. The molecule has 8 nitrogen and oxygen atoms in total. The Morgan fingerprint density at radius 3 is 2.66 bits per heavy atom. The number of rotatable bonds is 7. The lowest BCUT2D eigenvalue weighted by Gasteiger charge is -2.23. The lowest BCUT2D eigenvalue weighted by Crippen LogP contribution is -2.24. The van der Waals surface area contributed by atoms with Crippen LogP contribution in [0.1, 0.15) is 45.2 Å². The number of nitrogens with two attached hydrogens (primary N) is 1. The molecular formula is C24H23F3N4O4. The Morgan fingerprint density at radius 2 is 2.03 bits per heavy atom. The van der Waals surface area contributed by atoms with E-state index < -0.39 is 35.5 Å². The maximum atomic E-state index is 14.9. The number of carbonyl (C=O) groups is 2. The van der Waals surface area contributed by atoms with E-state index in [0.29, 0.717) is 19.5 Å². The van der Waals surface area contributed by atoms with E-state index in [4.69, 9.17) is 15.2 Å². The third kappa shape index (κ3) is 4.85. The molecule has 11 heteroatoms. The molecule has 0 spiro atoms. The topological polar surface area (TPSA) is 108 Å². The minimum Gasteiger partial charge on any atom is -0.496 e. The highest BCUT2D eigenvalue weighted by molar-refractivity contribution is 5.97. The molecule has 4 rings (SSSR count). The van der Waals surface area contributed by atoms with Gasteiger partial charge in [-0.2, -0.15) is 5.10 Å². The number of aromatic nitrogens is 2. The van der Waals surface area contributed by atoms with Crippen molar-refractivity contribution in [1.82, 2.24) is 15.1 Å². The molecule has 0 saturated carbocycles. The number of hydrogen-bond donors (Lipinski definition) is 2. The number of nitrogen functional groups attached to an aromatic ring is 1. The second-order valence-electron chi connectivity index (χ2n) is 8.03. The third-order valence-electron chi connectivity index (χ3n) is 5.83. The number of nitrogens with one attached hydrogen (secondary N) is 1. The van der Waals surface area contributed by atoms with E-state index in [1.807, 2.05) is 0 Å². The number of halogens is 3. The smallest absolute Gasteiger partial charge is 0.255 e. The van der Waals surface area contributed by atoms with Gasteiger partial charge in [-0.1, -0.05) is 0 Å². The number of benzene rings is 2. The Labute approximate surface area is 198 Å². The molecule has 1 fully saturated rings. The van der Waals surface area contributed by atoms with Crippen molar-refractivity contribution in [3.63, 3.8) is 0 Å². The van der Waals surface area contributed by atoms with Gasteiger partial charge in [0.25, 0.3) is 5.91 Å². The summed E-state index contributed by atoms with van der Waals surface area (Å²) in [5, 5.41) is 6.72. The van der Waals surface area contributed by atoms with Crippen molar-refractivity contribution in [2.75, 3.05) is 26.1 Å². The second kappa shape index (κ2) is 10.2. The number of hydrogen-bond acceptors (Lipinski definition) is 6. The largest absolute Gasteiger partial charge is 0.496 e. The molecule has 0 aliphatic carbocycles. The van der Waals surface area contributed by atoms with Crippen LogP contribution in [0, 0.1) is 17.5 Å². The van der Waals surface area contributed by atoms with Gasteiger partial charge in [0.15, 0.2) is 6.29 Å². The third-order valence-corrected chi connectivity index (χ3v) is 5.83. The van der Waals surface area contributed by atoms with E-state index in [9.17, 15) is 22.8 Å². The van der Waals surface area contributed by atoms with Crippen LogP contribution in [0.25, 0.3) is 11.3 Å². The van der Waals surface area contributed by atoms with E-state index in [-0.39, 0.29) is 40.0 Å². The van der Waals surface area contributed by atoms with Crippen LogP contribution < -0.4 is 15.8 Å². The van der Waals surface area contributed by atoms with Gasteiger partial charge in [-0.25, -0.2) is 17.9 Å². The lowest BCUT2D eigenvalue weighted by atomic mass is 10.0. The first-order chi connectivity index (χ1) is 16.8. The predicted octanol–water partition coefficient (Wildman–Crippen LogP) is 3.65. The zero-order valence-corrected chi connectivity index (χ0v) is 18.8. The van der Waals surface area contributed by atoms with E-state index >= 15 is 0 Å². The highest BCUT2D eigenvalue weighted by Crippen LogP contribution is 2.32. The Kier molecular flexibility index (Phi) is 7.06. The fraction of sp³-hybridized carbons (Fsp3) is 0.292. The summed E-state index contributed by atoms with van der Waals surface area (Å²) >= 11 is 0. The van der Waals surface area contributed by atoms with Crippen molar-refractivity contribution in [2.45, 2.75) is 25.4 Å². The van der Waals surface area contributed by atoms with Gasteiger partial charge in [0.2, 0.25) is 0 Å². The highest BCUT2D eigenvalue weighted by atomic mass is 19.1. The normalized spacial score (nSPS) is 15.6. The molecule has 3 N–H and O–H groups in total. The fourth-order valence-corrected chi connectivity index (χ4v) is 4.01. The molecule has 2 aromatic carbocycles. The Morgan fingerprint density at radius 1 is 1.29 bits per heavy atom. The minimum atomic E-state index is -0.961. The molecule has 1 saturated heterocycles. The summed E-state index contributed by atoms with van der Waals surface area (Å²) in [6.45, 7) is 0.472. The molecule has 0 bridgehead atoms. The van der Waals surface area contributed by atoms with Gasteiger partial charge in [-0.05, 0) is 43.2 Å². The lowest BCUT2D eigenvalue weighted by molar-refractivity contribution is 0.0558.